The van der Waals surface area contributed by atoms with Crippen LogP contribution in [0.3, 0.4) is 0 Å². The lowest BCUT2D eigenvalue weighted by atomic mass is 10.2. The van der Waals surface area contributed by atoms with E-state index in [4.69, 9.17) is 21.1 Å². The van der Waals surface area contributed by atoms with Crippen LogP contribution >= 0.6 is 11.6 Å². The minimum absolute atomic E-state index is 0.0190. The van der Waals surface area contributed by atoms with Crippen LogP contribution in [0.2, 0.25) is 5.02 Å². The molecular weight excluding hydrogens is 374 g/mol. The first-order valence-corrected chi connectivity index (χ1v) is 8.62. The van der Waals surface area contributed by atoms with Gasteiger partial charge in [0.05, 0.1) is 12.0 Å². The lowest BCUT2D eigenvalue weighted by Crippen LogP contribution is -2.31. The molecule has 0 radical (unpaired) electrons. The summed E-state index contributed by atoms with van der Waals surface area (Å²) in [5.41, 5.74) is 0.121. The standard InChI is InChI=1S/C18H20ClN3O5/c1-3-20-8-9-21-18(23)12-4-6-16(17(10-12)26-2)27-15-7-5-13(19)11-14(15)22(24)25/h4-7,10-11,20H,3,8-9H2,1-2H3,(H,21,23). The van der Waals surface area contributed by atoms with Crippen molar-refractivity contribution < 1.29 is 19.2 Å². The highest BCUT2D eigenvalue weighted by atomic mass is 35.5. The van der Waals surface area contributed by atoms with Crippen LogP contribution in [-0.2, 0) is 0 Å². The van der Waals surface area contributed by atoms with Gasteiger partial charge in [-0.15, -0.1) is 0 Å². The van der Waals surface area contributed by atoms with Crippen molar-refractivity contribution >= 4 is 23.2 Å². The summed E-state index contributed by atoms with van der Waals surface area (Å²) in [6.07, 6.45) is 0. The van der Waals surface area contributed by atoms with Crippen LogP contribution < -0.4 is 20.1 Å². The van der Waals surface area contributed by atoms with Crippen molar-refractivity contribution in [3.05, 3.63) is 57.1 Å². The molecule has 0 fully saturated rings. The van der Waals surface area contributed by atoms with E-state index in [-0.39, 0.29) is 33.9 Å². The Balaban J connectivity index is 2.20. The van der Waals surface area contributed by atoms with E-state index >= 15 is 0 Å². The predicted molar refractivity (Wildman–Crippen MR) is 102 cm³/mol. The van der Waals surface area contributed by atoms with Crippen LogP contribution in [0.4, 0.5) is 5.69 Å². The zero-order valence-electron chi connectivity index (χ0n) is 15.0. The lowest BCUT2D eigenvalue weighted by Gasteiger charge is -2.12. The zero-order valence-corrected chi connectivity index (χ0v) is 15.7. The molecule has 0 saturated carbocycles. The molecule has 0 heterocycles. The number of ether oxygens (including phenoxy) is 2. The van der Waals surface area contributed by atoms with E-state index < -0.39 is 4.92 Å². The number of likely N-dealkylation sites (N-methyl/N-ethyl adjacent to an activating group) is 1. The average Bonchev–Trinajstić information content (AvgIpc) is 2.66. The topological polar surface area (TPSA) is 103 Å². The Kier molecular flexibility index (Phi) is 7.39. The second kappa shape index (κ2) is 9.75. The molecule has 0 aliphatic carbocycles. The predicted octanol–water partition coefficient (Wildman–Crippen LogP) is 3.39. The fourth-order valence-corrected chi connectivity index (χ4v) is 2.44. The number of nitro benzene ring substituents is 1. The Hall–Kier alpha value is -2.84. The number of halogens is 1. The van der Waals surface area contributed by atoms with Gasteiger partial charge in [0.2, 0.25) is 5.75 Å². The first kappa shape index (κ1) is 20.5. The lowest BCUT2D eigenvalue weighted by molar-refractivity contribution is -0.385. The van der Waals surface area contributed by atoms with Crippen molar-refractivity contribution in [3.63, 3.8) is 0 Å². The van der Waals surface area contributed by atoms with E-state index in [1.165, 1.54) is 37.4 Å². The van der Waals surface area contributed by atoms with E-state index in [0.29, 0.717) is 18.7 Å². The monoisotopic (exact) mass is 393 g/mol. The molecule has 0 spiro atoms. The highest BCUT2D eigenvalue weighted by Gasteiger charge is 2.19. The molecule has 0 atom stereocenters. The molecule has 0 saturated heterocycles. The van der Waals surface area contributed by atoms with Crippen molar-refractivity contribution in [2.45, 2.75) is 6.92 Å². The van der Waals surface area contributed by atoms with E-state index in [1.807, 2.05) is 6.92 Å². The van der Waals surface area contributed by atoms with Crippen molar-refractivity contribution in [1.29, 1.82) is 0 Å². The van der Waals surface area contributed by atoms with Gasteiger partial charge in [0.15, 0.2) is 11.5 Å². The van der Waals surface area contributed by atoms with E-state index in [2.05, 4.69) is 10.6 Å². The van der Waals surface area contributed by atoms with Gasteiger partial charge in [-0.3, -0.25) is 14.9 Å². The van der Waals surface area contributed by atoms with Gasteiger partial charge >= 0.3 is 5.69 Å². The minimum atomic E-state index is -0.583. The zero-order chi connectivity index (χ0) is 19.8. The number of nitrogens with zero attached hydrogens (tertiary/aromatic N) is 1. The maximum atomic E-state index is 12.2. The molecule has 0 unspecified atom stereocenters. The smallest absolute Gasteiger partial charge is 0.313 e. The van der Waals surface area contributed by atoms with Crippen molar-refractivity contribution in [1.82, 2.24) is 10.6 Å². The number of methoxy groups -OCH3 is 1. The SMILES string of the molecule is CCNCCNC(=O)c1ccc(Oc2ccc(Cl)cc2[N+](=O)[O-])c(OC)c1. The van der Waals surface area contributed by atoms with Gasteiger partial charge in [0.25, 0.3) is 5.91 Å². The van der Waals surface area contributed by atoms with Crippen LogP contribution in [-0.4, -0.2) is 37.6 Å². The highest BCUT2D eigenvalue weighted by Crippen LogP contribution is 2.37. The van der Waals surface area contributed by atoms with Crippen LogP contribution in [0.5, 0.6) is 17.2 Å². The Morgan fingerprint density at radius 3 is 2.56 bits per heavy atom. The molecule has 2 N–H and O–H groups in total. The third-order valence-electron chi connectivity index (χ3n) is 3.60. The van der Waals surface area contributed by atoms with Gasteiger partial charge in [-0.25, -0.2) is 0 Å². The summed E-state index contributed by atoms with van der Waals surface area (Å²) in [5.74, 6) is 0.284. The number of hydrogen-bond donors (Lipinski definition) is 2. The van der Waals surface area contributed by atoms with Gasteiger partial charge in [-0.1, -0.05) is 18.5 Å². The van der Waals surface area contributed by atoms with Crippen molar-refractivity contribution in [2.75, 3.05) is 26.7 Å². The second-order valence-corrected chi connectivity index (χ2v) is 5.88. The van der Waals surface area contributed by atoms with Crippen LogP contribution in [0.1, 0.15) is 17.3 Å². The molecule has 27 heavy (non-hydrogen) atoms. The fraction of sp³-hybridized carbons (Fsp3) is 0.278. The number of nitrogens with one attached hydrogen (secondary N) is 2. The molecule has 2 aromatic carbocycles. The Labute approximate surface area is 161 Å². The van der Waals surface area contributed by atoms with E-state index in [0.717, 1.165) is 6.54 Å². The largest absolute Gasteiger partial charge is 0.493 e. The number of nitro groups is 1. The van der Waals surface area contributed by atoms with Gasteiger partial charge in [-0.05, 0) is 36.9 Å². The maximum Gasteiger partial charge on any atom is 0.313 e. The third kappa shape index (κ3) is 5.57. The molecule has 1 amide bonds. The normalized spacial score (nSPS) is 10.3. The van der Waals surface area contributed by atoms with E-state index in [1.54, 1.807) is 6.07 Å². The number of amides is 1. The summed E-state index contributed by atoms with van der Waals surface area (Å²) >= 11 is 5.81. The van der Waals surface area contributed by atoms with Crippen LogP contribution in [0.15, 0.2) is 36.4 Å². The number of rotatable bonds is 9. The molecule has 0 aliphatic rings. The molecule has 9 heteroatoms. The molecule has 0 aliphatic heterocycles. The van der Waals surface area contributed by atoms with Gasteiger partial charge < -0.3 is 20.1 Å². The summed E-state index contributed by atoms with van der Waals surface area (Å²) in [7, 11) is 1.42. The molecule has 0 bridgehead atoms. The summed E-state index contributed by atoms with van der Waals surface area (Å²) in [4.78, 5) is 22.8. The minimum Gasteiger partial charge on any atom is -0.493 e. The average molecular weight is 394 g/mol. The summed E-state index contributed by atoms with van der Waals surface area (Å²) in [6.45, 7) is 3.97. The van der Waals surface area contributed by atoms with Crippen LogP contribution in [0, 0.1) is 10.1 Å². The number of carbonyl (C=O) groups excluding carboxylic acids is 1. The van der Waals surface area contributed by atoms with Gasteiger partial charge in [-0.2, -0.15) is 0 Å². The first-order chi connectivity index (χ1) is 13.0. The van der Waals surface area contributed by atoms with Gasteiger partial charge in [0, 0.05) is 29.7 Å². The number of carbonyl (C=O) groups is 1. The quantitative estimate of drug-likeness (QED) is 0.384. The molecule has 2 rings (SSSR count). The summed E-state index contributed by atoms with van der Waals surface area (Å²) in [5, 5.41) is 17.3. The summed E-state index contributed by atoms with van der Waals surface area (Å²) in [6, 6.07) is 8.69. The maximum absolute atomic E-state index is 12.2. The number of benzene rings is 2. The first-order valence-electron chi connectivity index (χ1n) is 8.25. The van der Waals surface area contributed by atoms with Crippen molar-refractivity contribution in [3.8, 4) is 17.2 Å². The molecule has 0 aromatic heterocycles. The Morgan fingerprint density at radius 2 is 1.89 bits per heavy atom. The third-order valence-corrected chi connectivity index (χ3v) is 3.84. The van der Waals surface area contributed by atoms with E-state index in [9.17, 15) is 14.9 Å². The highest BCUT2D eigenvalue weighted by molar-refractivity contribution is 6.30. The molecule has 2 aromatic rings. The Bertz CT molecular complexity index is 829. The van der Waals surface area contributed by atoms with Crippen molar-refractivity contribution in [2.24, 2.45) is 0 Å². The second-order valence-electron chi connectivity index (χ2n) is 5.45. The van der Waals surface area contributed by atoms with Gasteiger partial charge in [0.1, 0.15) is 0 Å². The number of hydrogen-bond acceptors (Lipinski definition) is 6. The fourth-order valence-electron chi connectivity index (χ4n) is 2.27. The Morgan fingerprint density at radius 1 is 1.15 bits per heavy atom. The molecule has 8 nitrogen and oxygen atoms in total. The van der Waals surface area contributed by atoms with Crippen LogP contribution in [0.25, 0.3) is 0 Å². The summed E-state index contributed by atoms with van der Waals surface area (Å²) < 4.78 is 10.9. The molecule has 144 valence electrons. The molecular formula is C18H20ClN3O5.